The van der Waals surface area contributed by atoms with Crippen LogP contribution in [0, 0.1) is 5.41 Å². The van der Waals surface area contributed by atoms with E-state index in [0.717, 1.165) is 11.3 Å². The average Bonchev–Trinajstić information content (AvgIpc) is 3.05. The molecule has 1 aliphatic rings. The standard InChI is InChI=1S/C20H24N6O2/c1-5-28-19-15(20(2,3)4)23-25(11-13-9-7-6-8-10-13)18-14-16(24-26(18)19)21-12-22-17(14)27/h6-10,12,19H,5,11H2,1-4H3,(H,21,22,24,27). The zero-order valence-corrected chi connectivity index (χ0v) is 16.5. The van der Waals surface area contributed by atoms with Crippen molar-refractivity contribution in [2.75, 3.05) is 11.6 Å². The summed E-state index contributed by atoms with van der Waals surface area (Å²) in [5.74, 6) is 0.597. The average molecular weight is 380 g/mol. The van der Waals surface area contributed by atoms with Gasteiger partial charge in [-0.25, -0.2) is 14.7 Å². The number of fused-ring (bicyclic) bond motifs is 3. The number of anilines is 1. The lowest BCUT2D eigenvalue weighted by Gasteiger charge is -2.36. The van der Waals surface area contributed by atoms with E-state index in [2.05, 4.69) is 35.8 Å². The lowest BCUT2D eigenvalue weighted by Crippen LogP contribution is -2.41. The Morgan fingerprint density at radius 3 is 2.64 bits per heavy atom. The molecule has 0 fully saturated rings. The number of rotatable bonds is 4. The third-order valence-electron chi connectivity index (χ3n) is 4.67. The van der Waals surface area contributed by atoms with E-state index in [1.807, 2.05) is 42.3 Å². The summed E-state index contributed by atoms with van der Waals surface area (Å²) in [5, 5.41) is 11.8. The van der Waals surface area contributed by atoms with Crippen LogP contribution in [-0.4, -0.2) is 32.1 Å². The first-order valence-corrected chi connectivity index (χ1v) is 9.38. The van der Waals surface area contributed by atoms with Crippen molar-refractivity contribution in [3.63, 3.8) is 0 Å². The summed E-state index contributed by atoms with van der Waals surface area (Å²) < 4.78 is 7.76. The van der Waals surface area contributed by atoms with Crippen molar-refractivity contribution in [3.05, 3.63) is 52.6 Å². The van der Waals surface area contributed by atoms with Crippen molar-refractivity contribution < 1.29 is 4.74 Å². The van der Waals surface area contributed by atoms with Crippen LogP contribution in [0.2, 0.25) is 0 Å². The number of H-pyrrole nitrogens is 1. The molecule has 4 rings (SSSR count). The summed E-state index contributed by atoms with van der Waals surface area (Å²) in [7, 11) is 0. The molecule has 1 aliphatic heterocycles. The maximum atomic E-state index is 12.6. The van der Waals surface area contributed by atoms with Crippen molar-refractivity contribution in [1.29, 1.82) is 0 Å². The number of benzene rings is 1. The van der Waals surface area contributed by atoms with E-state index in [0.29, 0.717) is 30.0 Å². The fourth-order valence-electron chi connectivity index (χ4n) is 3.38. The molecule has 1 atom stereocenters. The second kappa shape index (κ2) is 6.87. The number of nitrogens with one attached hydrogen (secondary N) is 1. The molecule has 0 amide bonds. The Hall–Kier alpha value is -3.00. The normalized spacial score (nSPS) is 16.9. The largest absolute Gasteiger partial charge is 0.351 e. The third-order valence-corrected chi connectivity index (χ3v) is 4.67. The van der Waals surface area contributed by atoms with Crippen molar-refractivity contribution in [2.24, 2.45) is 10.5 Å². The minimum absolute atomic E-state index is 0.242. The monoisotopic (exact) mass is 380 g/mol. The summed E-state index contributed by atoms with van der Waals surface area (Å²) in [4.78, 5) is 19.5. The van der Waals surface area contributed by atoms with Gasteiger partial charge < -0.3 is 9.72 Å². The van der Waals surface area contributed by atoms with Gasteiger partial charge in [-0.2, -0.15) is 5.10 Å². The van der Waals surface area contributed by atoms with E-state index in [1.54, 1.807) is 4.68 Å². The van der Waals surface area contributed by atoms with Gasteiger partial charge in [-0.1, -0.05) is 51.1 Å². The van der Waals surface area contributed by atoms with E-state index < -0.39 is 6.23 Å². The Morgan fingerprint density at radius 1 is 1.21 bits per heavy atom. The summed E-state index contributed by atoms with van der Waals surface area (Å²) >= 11 is 0. The Labute approximate surface area is 162 Å². The Morgan fingerprint density at radius 2 is 1.96 bits per heavy atom. The van der Waals surface area contributed by atoms with Crippen LogP contribution >= 0.6 is 0 Å². The topological polar surface area (TPSA) is 88.4 Å². The molecule has 0 radical (unpaired) electrons. The van der Waals surface area contributed by atoms with Crippen molar-refractivity contribution in [3.8, 4) is 0 Å². The molecule has 1 aromatic carbocycles. The van der Waals surface area contributed by atoms with E-state index in [-0.39, 0.29) is 11.0 Å². The van der Waals surface area contributed by atoms with Crippen LogP contribution < -0.4 is 10.6 Å². The number of nitrogens with zero attached hydrogens (tertiary/aromatic N) is 5. The predicted molar refractivity (Wildman–Crippen MR) is 108 cm³/mol. The fraction of sp³-hybridized carbons (Fsp3) is 0.400. The van der Waals surface area contributed by atoms with Crippen LogP contribution in [0.1, 0.15) is 39.5 Å². The molecule has 0 aliphatic carbocycles. The highest BCUT2D eigenvalue weighted by Gasteiger charge is 2.38. The van der Waals surface area contributed by atoms with Crippen molar-refractivity contribution in [1.82, 2.24) is 19.7 Å². The number of aromatic amines is 1. The number of hydrazone groups is 1. The van der Waals surface area contributed by atoms with Gasteiger partial charge in [0.25, 0.3) is 5.56 Å². The first-order chi connectivity index (χ1) is 13.4. The minimum Gasteiger partial charge on any atom is -0.351 e. The van der Waals surface area contributed by atoms with Gasteiger partial charge in [0.15, 0.2) is 17.7 Å². The molecule has 2 aromatic heterocycles. The number of hydrogen-bond donors (Lipinski definition) is 1. The van der Waals surface area contributed by atoms with E-state index in [4.69, 9.17) is 9.84 Å². The first-order valence-electron chi connectivity index (χ1n) is 9.38. The zero-order valence-electron chi connectivity index (χ0n) is 16.5. The van der Waals surface area contributed by atoms with Crippen molar-refractivity contribution in [2.45, 2.75) is 40.5 Å². The number of aromatic nitrogens is 4. The first kappa shape index (κ1) is 18.4. The Kier molecular flexibility index (Phi) is 4.50. The Bertz CT molecular complexity index is 1080. The predicted octanol–water partition coefficient (Wildman–Crippen LogP) is 3.08. The minimum atomic E-state index is -0.486. The summed E-state index contributed by atoms with van der Waals surface area (Å²) in [6.45, 7) is 9.23. The fourth-order valence-corrected chi connectivity index (χ4v) is 3.38. The van der Waals surface area contributed by atoms with Crippen LogP contribution in [0.4, 0.5) is 5.82 Å². The second-order valence-corrected chi connectivity index (χ2v) is 7.78. The maximum Gasteiger partial charge on any atom is 0.264 e. The highest BCUT2D eigenvalue weighted by Crippen LogP contribution is 2.37. The maximum absolute atomic E-state index is 12.6. The van der Waals surface area contributed by atoms with Gasteiger partial charge in [0.2, 0.25) is 0 Å². The van der Waals surface area contributed by atoms with Gasteiger partial charge in [-0.05, 0) is 12.5 Å². The molecule has 8 heteroatoms. The molecular formula is C20H24N6O2. The molecule has 1 N–H and O–H groups in total. The third kappa shape index (κ3) is 3.09. The van der Waals surface area contributed by atoms with Gasteiger partial charge >= 0.3 is 0 Å². The lowest BCUT2D eigenvalue weighted by atomic mass is 9.88. The van der Waals surface area contributed by atoms with Crippen LogP contribution in [0.5, 0.6) is 0 Å². The van der Waals surface area contributed by atoms with Gasteiger partial charge in [-0.3, -0.25) is 4.79 Å². The van der Waals surface area contributed by atoms with Crippen LogP contribution in [0.25, 0.3) is 11.0 Å². The number of ether oxygens (including phenoxy) is 1. The van der Waals surface area contributed by atoms with Gasteiger partial charge in [-0.15, -0.1) is 5.10 Å². The zero-order chi connectivity index (χ0) is 19.9. The molecule has 0 saturated heterocycles. The molecule has 28 heavy (non-hydrogen) atoms. The van der Waals surface area contributed by atoms with Crippen LogP contribution in [0.3, 0.4) is 0 Å². The molecule has 3 aromatic rings. The van der Waals surface area contributed by atoms with E-state index in [9.17, 15) is 4.79 Å². The van der Waals surface area contributed by atoms with Crippen LogP contribution in [-0.2, 0) is 11.3 Å². The van der Waals surface area contributed by atoms with E-state index >= 15 is 0 Å². The highest BCUT2D eigenvalue weighted by molar-refractivity contribution is 5.97. The highest BCUT2D eigenvalue weighted by atomic mass is 16.5. The summed E-state index contributed by atoms with van der Waals surface area (Å²) in [5.41, 5.74) is 1.82. The summed E-state index contributed by atoms with van der Waals surface area (Å²) in [6, 6.07) is 10.0. The number of hydrogen-bond acceptors (Lipinski definition) is 6. The van der Waals surface area contributed by atoms with Gasteiger partial charge in [0.05, 0.1) is 18.6 Å². The molecule has 146 valence electrons. The quantitative estimate of drug-likeness (QED) is 0.751. The van der Waals surface area contributed by atoms with E-state index in [1.165, 1.54) is 6.33 Å². The SMILES string of the molecule is CCOC1C(C(C)(C)C)=NN(Cc2ccccc2)c2c3c(=O)[nH]cnc3nn21. The lowest BCUT2D eigenvalue weighted by molar-refractivity contribution is 0.0454. The Balaban J connectivity index is 1.95. The van der Waals surface area contributed by atoms with Crippen LogP contribution in [0.15, 0.2) is 46.6 Å². The molecule has 1 unspecified atom stereocenters. The second-order valence-electron chi connectivity index (χ2n) is 7.78. The molecule has 8 nitrogen and oxygen atoms in total. The molecule has 3 heterocycles. The molecule has 0 bridgehead atoms. The summed E-state index contributed by atoms with van der Waals surface area (Å²) in [6.07, 6.45) is 0.882. The molecule has 0 saturated carbocycles. The molecular weight excluding hydrogens is 356 g/mol. The smallest absolute Gasteiger partial charge is 0.264 e. The molecule has 0 spiro atoms. The van der Waals surface area contributed by atoms with Crippen molar-refractivity contribution >= 4 is 22.6 Å². The van der Waals surface area contributed by atoms with Gasteiger partial charge in [0, 0.05) is 12.0 Å². The van der Waals surface area contributed by atoms with Gasteiger partial charge in [0.1, 0.15) is 5.39 Å².